The Hall–Kier alpha value is -1.27. The third-order valence-electron chi connectivity index (χ3n) is 3.52. The Bertz CT molecular complexity index is 520. The van der Waals surface area contributed by atoms with Crippen LogP contribution in [-0.2, 0) is 0 Å². The van der Waals surface area contributed by atoms with Crippen LogP contribution in [0.25, 0.3) is 11.4 Å². The number of rotatable bonds is 3. The van der Waals surface area contributed by atoms with Gasteiger partial charge in [-0.1, -0.05) is 51.4 Å². The number of pyridine rings is 2. The zero-order chi connectivity index (χ0) is 15.0. The van der Waals surface area contributed by atoms with Gasteiger partial charge < -0.3 is 0 Å². The second kappa shape index (κ2) is 5.26. The van der Waals surface area contributed by atoms with Gasteiger partial charge in [0.15, 0.2) is 0 Å². The summed E-state index contributed by atoms with van der Waals surface area (Å²) in [6, 6.07) is 8.62. The molecule has 0 aliphatic rings. The summed E-state index contributed by atoms with van der Waals surface area (Å²) in [5.74, 6) is 0. The summed E-state index contributed by atoms with van der Waals surface area (Å²) < 4.78 is 0. The first-order valence-electron chi connectivity index (χ1n) is 7.11. The predicted molar refractivity (Wildman–Crippen MR) is 93.4 cm³/mol. The van der Waals surface area contributed by atoms with Crippen molar-refractivity contribution in [3.8, 4) is 11.4 Å². The molecule has 0 N–H and O–H groups in total. The van der Waals surface area contributed by atoms with Gasteiger partial charge in [0, 0.05) is 12.4 Å². The molecule has 0 atom stereocenters. The van der Waals surface area contributed by atoms with E-state index in [0.717, 1.165) is 11.4 Å². The van der Waals surface area contributed by atoms with Gasteiger partial charge in [-0.15, -0.1) is 0 Å². The highest BCUT2D eigenvalue weighted by molar-refractivity contribution is 6.89. The second-order valence-corrected chi connectivity index (χ2v) is 17.5. The Morgan fingerprint density at radius 3 is 1.15 bits per heavy atom. The van der Waals surface area contributed by atoms with E-state index in [1.807, 2.05) is 12.4 Å². The molecule has 106 valence electrons. The van der Waals surface area contributed by atoms with Crippen molar-refractivity contribution in [1.29, 1.82) is 0 Å². The van der Waals surface area contributed by atoms with Gasteiger partial charge >= 0.3 is 0 Å². The van der Waals surface area contributed by atoms with E-state index in [0.29, 0.717) is 0 Å². The lowest BCUT2D eigenvalue weighted by molar-refractivity contribution is 1.26. The fourth-order valence-electron chi connectivity index (χ4n) is 1.98. The molecule has 4 heteroatoms. The first kappa shape index (κ1) is 15.1. The molecule has 2 aromatic rings. The van der Waals surface area contributed by atoms with E-state index < -0.39 is 16.1 Å². The first-order valence-corrected chi connectivity index (χ1v) is 14.1. The molecule has 0 radical (unpaired) electrons. The average Bonchev–Trinajstić information content (AvgIpc) is 2.37. The van der Waals surface area contributed by atoms with E-state index in [9.17, 15) is 0 Å². The second-order valence-electron chi connectivity index (χ2n) is 7.36. The molecule has 0 bridgehead atoms. The molecule has 0 fully saturated rings. The van der Waals surface area contributed by atoms with Crippen LogP contribution in [0, 0.1) is 0 Å². The zero-order valence-electron chi connectivity index (χ0n) is 13.4. The van der Waals surface area contributed by atoms with Crippen molar-refractivity contribution < 1.29 is 0 Å². The number of hydrogen-bond acceptors (Lipinski definition) is 2. The zero-order valence-corrected chi connectivity index (χ0v) is 15.4. The molecule has 0 aromatic carbocycles. The van der Waals surface area contributed by atoms with Gasteiger partial charge in [-0.2, -0.15) is 0 Å². The molecule has 0 aliphatic carbocycles. The lowest BCUT2D eigenvalue weighted by atomic mass is 10.2. The van der Waals surface area contributed by atoms with Crippen LogP contribution in [0.2, 0.25) is 39.3 Å². The summed E-state index contributed by atoms with van der Waals surface area (Å²) in [7, 11) is -2.54. The lowest BCUT2D eigenvalue weighted by Crippen LogP contribution is -2.38. The van der Waals surface area contributed by atoms with Crippen molar-refractivity contribution in [3.63, 3.8) is 0 Å². The molecule has 0 unspecified atom stereocenters. The van der Waals surface area contributed by atoms with E-state index in [1.54, 1.807) is 0 Å². The van der Waals surface area contributed by atoms with Crippen LogP contribution in [0.5, 0.6) is 0 Å². The number of aromatic nitrogens is 2. The molecular formula is C16H24N2Si2. The normalized spacial score (nSPS) is 12.5. The Morgan fingerprint density at radius 1 is 0.600 bits per heavy atom. The van der Waals surface area contributed by atoms with Crippen molar-refractivity contribution in [2.24, 2.45) is 0 Å². The fourth-order valence-corrected chi connectivity index (χ4v) is 4.05. The minimum Gasteiger partial charge on any atom is -0.255 e. The molecular weight excluding hydrogens is 276 g/mol. The smallest absolute Gasteiger partial charge is 0.0885 e. The molecule has 0 amide bonds. The summed E-state index contributed by atoms with van der Waals surface area (Å²) in [5.41, 5.74) is 1.93. The fraction of sp³-hybridized carbons (Fsp3) is 0.375. The summed E-state index contributed by atoms with van der Waals surface area (Å²) in [6.45, 7) is 14.0. The van der Waals surface area contributed by atoms with Crippen molar-refractivity contribution in [2.45, 2.75) is 39.3 Å². The molecule has 20 heavy (non-hydrogen) atoms. The maximum absolute atomic E-state index is 4.59. The van der Waals surface area contributed by atoms with Gasteiger partial charge in [-0.25, -0.2) is 0 Å². The summed E-state index contributed by atoms with van der Waals surface area (Å²) >= 11 is 0. The molecule has 0 saturated heterocycles. The molecule has 0 spiro atoms. The van der Waals surface area contributed by atoms with Gasteiger partial charge in [0.05, 0.1) is 27.5 Å². The molecule has 2 nitrogen and oxygen atoms in total. The Balaban J connectivity index is 2.29. The topological polar surface area (TPSA) is 25.8 Å². The molecule has 0 aliphatic heterocycles. The summed E-state index contributed by atoms with van der Waals surface area (Å²) in [6.07, 6.45) is 4.05. The van der Waals surface area contributed by atoms with Crippen LogP contribution in [-0.4, -0.2) is 26.1 Å². The van der Waals surface area contributed by atoms with Crippen LogP contribution in [0.15, 0.2) is 36.7 Å². The van der Waals surface area contributed by atoms with E-state index in [4.69, 9.17) is 0 Å². The lowest BCUT2D eigenvalue weighted by Gasteiger charge is -2.17. The van der Waals surface area contributed by atoms with Gasteiger partial charge in [-0.3, -0.25) is 9.97 Å². The third-order valence-corrected chi connectivity index (χ3v) is 7.58. The highest BCUT2D eigenvalue weighted by atomic mass is 28.3. The highest BCUT2D eigenvalue weighted by Crippen LogP contribution is 2.13. The Kier molecular flexibility index (Phi) is 3.98. The molecule has 2 aromatic heterocycles. The highest BCUT2D eigenvalue weighted by Gasteiger charge is 2.18. The van der Waals surface area contributed by atoms with Gasteiger partial charge in [0.2, 0.25) is 0 Å². The number of nitrogens with zero attached hydrogens (tertiary/aromatic N) is 2. The molecule has 2 heterocycles. The maximum atomic E-state index is 4.59. The predicted octanol–water partition coefficient (Wildman–Crippen LogP) is 3.23. The van der Waals surface area contributed by atoms with E-state index in [-0.39, 0.29) is 0 Å². The Labute approximate surface area is 124 Å². The summed E-state index contributed by atoms with van der Waals surface area (Å²) in [4.78, 5) is 9.18. The van der Waals surface area contributed by atoms with Crippen molar-refractivity contribution in [2.75, 3.05) is 0 Å². The van der Waals surface area contributed by atoms with Crippen LogP contribution in [0.3, 0.4) is 0 Å². The van der Waals surface area contributed by atoms with Gasteiger partial charge in [0.25, 0.3) is 0 Å². The summed E-state index contributed by atoms with van der Waals surface area (Å²) in [5, 5.41) is 2.78. The minimum atomic E-state index is -1.27. The van der Waals surface area contributed by atoms with Gasteiger partial charge in [0.1, 0.15) is 0 Å². The molecule has 0 saturated carbocycles. The van der Waals surface area contributed by atoms with Crippen LogP contribution in [0.1, 0.15) is 0 Å². The Morgan fingerprint density at radius 2 is 0.950 bits per heavy atom. The SMILES string of the molecule is C[Si](C)(C)c1ccc(-c2ccc([Si](C)(C)C)cn2)nc1. The maximum Gasteiger partial charge on any atom is 0.0885 e. The van der Waals surface area contributed by atoms with Crippen LogP contribution < -0.4 is 10.4 Å². The van der Waals surface area contributed by atoms with Gasteiger partial charge in [-0.05, 0) is 22.5 Å². The van der Waals surface area contributed by atoms with Crippen LogP contribution in [0.4, 0.5) is 0 Å². The minimum absolute atomic E-state index is 0.967. The standard InChI is InChI=1S/C16H24N2Si2/c1-19(2,3)13-7-9-15(17-11-13)16-10-8-14(12-18-16)20(4,5)6/h7-12H,1-6H3. The number of hydrogen-bond donors (Lipinski definition) is 0. The van der Waals surface area contributed by atoms with Crippen molar-refractivity contribution >= 4 is 26.5 Å². The first-order chi connectivity index (χ1) is 9.18. The van der Waals surface area contributed by atoms with E-state index in [2.05, 4.69) is 73.5 Å². The van der Waals surface area contributed by atoms with Crippen molar-refractivity contribution in [3.05, 3.63) is 36.7 Å². The third kappa shape index (κ3) is 3.43. The average molecular weight is 301 g/mol. The van der Waals surface area contributed by atoms with Crippen LogP contribution >= 0.6 is 0 Å². The van der Waals surface area contributed by atoms with Crippen molar-refractivity contribution in [1.82, 2.24) is 9.97 Å². The van der Waals surface area contributed by atoms with E-state index in [1.165, 1.54) is 10.4 Å². The molecule has 2 rings (SSSR count). The quantitative estimate of drug-likeness (QED) is 0.813. The monoisotopic (exact) mass is 300 g/mol. The largest absolute Gasteiger partial charge is 0.255 e. The van der Waals surface area contributed by atoms with E-state index >= 15 is 0 Å².